The molecule has 20 nitrogen and oxygen atoms in total. The fraction of sp³-hybridized carbons (Fsp3) is 0.678. The summed E-state index contributed by atoms with van der Waals surface area (Å²) in [5, 5.41) is 34.1. The normalized spacial score (nSPS) is 37.6. The number of aliphatic carboxylic acids is 2. The molecule has 6 aliphatic rings. The molecule has 3 N–H and O–H groups in total. The Labute approximate surface area is 460 Å². The number of carbonyl (C=O) groups is 11. The van der Waals surface area contributed by atoms with Crippen molar-refractivity contribution in [2.75, 3.05) is 6.61 Å². The molecule has 0 saturated heterocycles. The Hall–Kier alpha value is -6.15. The first-order valence-electron chi connectivity index (χ1n) is 26.9. The summed E-state index contributed by atoms with van der Waals surface area (Å²) >= 11 is 0. The quantitative estimate of drug-likeness (QED) is 0.0904. The van der Waals surface area contributed by atoms with Crippen LogP contribution < -0.4 is 0 Å². The van der Waals surface area contributed by atoms with Crippen LogP contribution in [-0.4, -0.2) is 128 Å². The molecule has 0 heterocycles. The van der Waals surface area contributed by atoms with Crippen molar-refractivity contribution in [3.8, 4) is 0 Å². The Morgan fingerprint density at radius 3 is 1.84 bits per heavy atom. The maximum absolute atomic E-state index is 15.3. The Bertz CT molecular complexity index is 2710. The van der Waals surface area contributed by atoms with Gasteiger partial charge >= 0.3 is 41.8 Å². The van der Waals surface area contributed by atoms with Crippen molar-refractivity contribution in [2.45, 2.75) is 177 Å². The highest BCUT2D eigenvalue weighted by atomic mass is 16.6. The molecule has 3 saturated carbocycles. The first-order valence-corrected chi connectivity index (χ1v) is 26.9. The molecule has 6 aliphatic carbocycles. The molecule has 6 rings (SSSR count). The number of Topliss-reactive ketones (excluding diaryl/α,β-unsaturated/α-hetero) is 4. The van der Waals surface area contributed by atoms with Gasteiger partial charge in [0.15, 0.2) is 46.9 Å². The summed E-state index contributed by atoms with van der Waals surface area (Å²) in [5.41, 5.74) is -9.98. The fourth-order valence-corrected chi connectivity index (χ4v) is 14.8. The number of esters is 5. The summed E-state index contributed by atoms with van der Waals surface area (Å²) < 4.78 is 35.9. The Balaban J connectivity index is 1.43. The van der Waals surface area contributed by atoms with Crippen LogP contribution in [0.2, 0.25) is 0 Å². The van der Waals surface area contributed by atoms with E-state index in [9.17, 15) is 53.7 Å². The van der Waals surface area contributed by atoms with Crippen molar-refractivity contribution >= 4 is 64.9 Å². The molecule has 0 aromatic rings. The van der Waals surface area contributed by atoms with E-state index in [4.69, 9.17) is 28.4 Å². The minimum Gasteiger partial charge on any atom is -0.481 e. The average molecular weight is 1110 g/mol. The van der Waals surface area contributed by atoms with E-state index in [1.807, 2.05) is 20.8 Å². The third-order valence-electron chi connectivity index (χ3n) is 18.0. The first-order chi connectivity index (χ1) is 36.3. The van der Waals surface area contributed by atoms with Crippen LogP contribution in [0.4, 0.5) is 0 Å². The molecule has 0 aromatic heterocycles. The van der Waals surface area contributed by atoms with Gasteiger partial charge in [0.05, 0.1) is 36.4 Å². The fourth-order valence-electron chi connectivity index (χ4n) is 14.8. The lowest BCUT2D eigenvalue weighted by Gasteiger charge is -2.51. The second-order valence-corrected chi connectivity index (χ2v) is 24.7. The van der Waals surface area contributed by atoms with Crippen molar-refractivity contribution in [2.24, 2.45) is 69.5 Å². The lowest BCUT2D eigenvalue weighted by Crippen LogP contribution is -2.61. The van der Waals surface area contributed by atoms with Crippen LogP contribution in [0.15, 0.2) is 47.6 Å². The number of hydrogen-bond donors (Lipinski definition) is 3. The molecule has 0 aliphatic heterocycles. The van der Waals surface area contributed by atoms with Crippen LogP contribution >= 0.6 is 0 Å². The van der Waals surface area contributed by atoms with Gasteiger partial charge in [0.25, 0.3) is 0 Å². The number of fused-ring (bicyclic) bond motifs is 4. The van der Waals surface area contributed by atoms with Crippen LogP contribution in [0, 0.1) is 69.5 Å². The van der Waals surface area contributed by atoms with Crippen LogP contribution in [0.3, 0.4) is 0 Å². The average Bonchev–Trinajstić information content (AvgIpc) is 2.32. The van der Waals surface area contributed by atoms with Gasteiger partial charge in [-0.05, 0) is 63.2 Å². The second kappa shape index (κ2) is 22.1. The number of carboxylic acid groups (broad SMARTS) is 2. The van der Waals surface area contributed by atoms with E-state index in [0.29, 0.717) is 12.0 Å². The summed E-state index contributed by atoms with van der Waals surface area (Å²) in [6, 6.07) is 0. The van der Waals surface area contributed by atoms with Gasteiger partial charge in [-0.1, -0.05) is 76.6 Å². The molecule has 3 fully saturated rings. The monoisotopic (exact) mass is 1110 g/mol. The first kappa shape index (κ1) is 62.1. The SMILES string of the molecule is C=C1C(OC(C)=O)C(OCC(C)CC(=O)CC2=CC3C(=O)C4(C=C(C)C(CC(=O)O)C4(O)C2CC(=O)O)C(C)CC2C3C2(C)C)C(=O)C(C)(C)C=CC(C)C(=O)C2(OC(C)=O)CC(C)(OC(C)=O)C(OC(C)=O)C2C1OC(C)=O. The van der Waals surface area contributed by atoms with Crippen LogP contribution in [0.25, 0.3) is 0 Å². The molecule has 0 radical (unpaired) electrons. The van der Waals surface area contributed by atoms with E-state index >= 15 is 14.4 Å². The van der Waals surface area contributed by atoms with Gasteiger partial charge in [-0.2, -0.15) is 0 Å². The molecular formula is C59H78O20. The zero-order chi connectivity index (χ0) is 59.6. The number of aliphatic hydroxyl groups is 1. The van der Waals surface area contributed by atoms with Gasteiger partial charge in [0.2, 0.25) is 0 Å². The minimum atomic E-state index is -2.45. The van der Waals surface area contributed by atoms with E-state index in [1.165, 1.54) is 39.8 Å². The predicted octanol–water partition coefficient (Wildman–Crippen LogP) is 6.02. The zero-order valence-electron chi connectivity index (χ0n) is 47.8. The maximum atomic E-state index is 15.3. The largest absolute Gasteiger partial charge is 0.481 e. The third kappa shape index (κ3) is 11.2. The lowest BCUT2D eigenvalue weighted by atomic mass is 9.54. The van der Waals surface area contributed by atoms with Gasteiger partial charge in [-0.25, -0.2) is 0 Å². The van der Waals surface area contributed by atoms with Crippen molar-refractivity contribution in [1.29, 1.82) is 0 Å². The van der Waals surface area contributed by atoms with Crippen LogP contribution in [0.1, 0.15) is 135 Å². The van der Waals surface area contributed by atoms with Crippen molar-refractivity contribution in [3.05, 3.63) is 47.6 Å². The van der Waals surface area contributed by atoms with Gasteiger partial charge in [0, 0.05) is 88.5 Å². The summed E-state index contributed by atoms with van der Waals surface area (Å²) in [6.45, 7) is 23.8. The molecule has 0 aromatic carbocycles. The topological polar surface area (TPSA) is 304 Å². The standard InChI is InChI=1S/C59H78O20/c1-27(18-38(65)20-37-21-39-45-42(55(45,13)14)19-30(4)57(51(39)71)24-29(3)40(22-43(66)67)59(57,73)41(37)23-44(68)69)25-74-49-48(76-33(7)61)31(5)47(75-32(6)60)46-53(77-34(8)62)56(15,78-35(9)63)26-58(46,79-36(10)64)50(70)28(2)16-17-54(11,12)52(49)72/h16-17,21,24,27-28,30,39-42,45-49,53,73H,5,18-20,22-23,25-26H2,1-4,6-15H3,(H,66,67)(H,68,69). The van der Waals surface area contributed by atoms with E-state index < -0.39 is 190 Å². The van der Waals surface area contributed by atoms with Gasteiger partial charge in [-0.3, -0.25) is 52.7 Å². The molecule has 0 amide bonds. The van der Waals surface area contributed by atoms with E-state index in [2.05, 4.69) is 6.58 Å². The Morgan fingerprint density at radius 1 is 0.734 bits per heavy atom. The molecule has 20 heteroatoms. The molecule has 434 valence electrons. The highest BCUT2D eigenvalue weighted by Gasteiger charge is 2.76. The number of ether oxygens (including phenoxy) is 6. The predicted molar refractivity (Wildman–Crippen MR) is 278 cm³/mol. The summed E-state index contributed by atoms with van der Waals surface area (Å²) in [7, 11) is 0. The lowest BCUT2D eigenvalue weighted by molar-refractivity contribution is -0.190. The minimum absolute atomic E-state index is 0.0422. The zero-order valence-corrected chi connectivity index (χ0v) is 47.8. The van der Waals surface area contributed by atoms with E-state index in [1.54, 1.807) is 26.0 Å². The van der Waals surface area contributed by atoms with Crippen LogP contribution in [-0.2, 0) is 81.2 Å². The second-order valence-electron chi connectivity index (χ2n) is 24.7. The number of allylic oxidation sites excluding steroid dienone is 3. The Morgan fingerprint density at radius 2 is 1.29 bits per heavy atom. The van der Waals surface area contributed by atoms with Crippen molar-refractivity contribution in [3.63, 3.8) is 0 Å². The summed E-state index contributed by atoms with van der Waals surface area (Å²) in [4.78, 5) is 151. The number of hydrogen-bond acceptors (Lipinski definition) is 18. The molecule has 2 bridgehead atoms. The van der Waals surface area contributed by atoms with E-state index in [0.717, 1.165) is 34.6 Å². The Kier molecular flexibility index (Phi) is 17.3. The maximum Gasteiger partial charge on any atom is 0.304 e. The molecule has 79 heavy (non-hydrogen) atoms. The third-order valence-corrected chi connectivity index (χ3v) is 18.0. The molecule has 17 unspecified atom stereocenters. The van der Waals surface area contributed by atoms with Gasteiger partial charge in [0.1, 0.15) is 11.9 Å². The summed E-state index contributed by atoms with van der Waals surface area (Å²) in [5.74, 6) is -17.8. The number of carboxylic acids is 2. The van der Waals surface area contributed by atoms with E-state index in [-0.39, 0.29) is 35.0 Å². The highest BCUT2D eigenvalue weighted by Crippen LogP contribution is 2.73. The molecular weight excluding hydrogens is 1030 g/mol. The number of ketones is 4. The summed E-state index contributed by atoms with van der Waals surface area (Å²) in [6.07, 6.45) is -3.53. The smallest absolute Gasteiger partial charge is 0.304 e. The highest BCUT2D eigenvalue weighted by molar-refractivity contribution is 5.97. The van der Waals surface area contributed by atoms with Crippen molar-refractivity contribution < 1.29 is 96.5 Å². The van der Waals surface area contributed by atoms with Gasteiger partial charge < -0.3 is 43.7 Å². The molecule has 1 spiro atoms. The molecule has 17 atom stereocenters. The van der Waals surface area contributed by atoms with Gasteiger partial charge in [-0.15, -0.1) is 0 Å². The number of carbonyl (C=O) groups excluding carboxylic acids is 9. The number of rotatable bonds is 16. The van der Waals surface area contributed by atoms with Crippen molar-refractivity contribution in [1.82, 2.24) is 0 Å². The van der Waals surface area contributed by atoms with Crippen LogP contribution in [0.5, 0.6) is 0 Å².